The monoisotopic (exact) mass is 262 g/mol. The maximum atomic E-state index is 11.7. The van der Waals surface area contributed by atoms with Crippen LogP contribution in [0.5, 0.6) is 5.75 Å². The molecule has 1 aromatic carbocycles. The molecule has 2 unspecified atom stereocenters. The van der Waals surface area contributed by atoms with Crippen LogP contribution < -0.4 is 4.74 Å². The first-order chi connectivity index (χ1) is 9.10. The number of ketones is 1. The van der Waals surface area contributed by atoms with Crippen LogP contribution in [0, 0.1) is 5.41 Å². The zero-order chi connectivity index (χ0) is 13.9. The molecule has 2 atom stereocenters. The van der Waals surface area contributed by atoms with Crippen molar-refractivity contribution in [1.82, 2.24) is 0 Å². The third-order valence-electron chi connectivity index (χ3n) is 4.25. The van der Waals surface area contributed by atoms with Crippen molar-refractivity contribution in [1.29, 1.82) is 0 Å². The third kappa shape index (κ3) is 2.81. The second-order valence-corrected chi connectivity index (χ2v) is 5.39. The van der Waals surface area contributed by atoms with Gasteiger partial charge in [0.1, 0.15) is 17.6 Å². The molecule has 0 aliphatic heterocycles. The number of methoxy groups -OCH3 is 1. The molecule has 1 aliphatic rings. The summed E-state index contributed by atoms with van der Waals surface area (Å²) < 4.78 is 11.0. The van der Waals surface area contributed by atoms with Gasteiger partial charge in [0.15, 0.2) is 0 Å². The molecule has 0 bridgehead atoms. The number of carbonyl (C=O) groups excluding carboxylic acids is 1. The number of hydrogen-bond donors (Lipinski definition) is 0. The summed E-state index contributed by atoms with van der Waals surface area (Å²) in [5, 5.41) is 0. The number of hydrogen-bond acceptors (Lipinski definition) is 3. The van der Waals surface area contributed by atoms with Crippen molar-refractivity contribution < 1.29 is 14.3 Å². The molecular formula is C16H22O3. The molecule has 104 valence electrons. The summed E-state index contributed by atoms with van der Waals surface area (Å²) in [5.41, 5.74) is 0.937. The Bertz CT molecular complexity index is 438. The molecule has 1 fully saturated rings. The Morgan fingerprint density at radius 2 is 2.00 bits per heavy atom. The van der Waals surface area contributed by atoms with Crippen LogP contribution in [0.2, 0.25) is 0 Å². The van der Waals surface area contributed by atoms with Gasteiger partial charge in [-0.1, -0.05) is 19.1 Å². The van der Waals surface area contributed by atoms with E-state index in [1.54, 1.807) is 7.11 Å². The second kappa shape index (κ2) is 5.74. The molecule has 0 aromatic heterocycles. The van der Waals surface area contributed by atoms with Crippen LogP contribution in [0.1, 0.15) is 32.3 Å². The van der Waals surface area contributed by atoms with Gasteiger partial charge in [0, 0.05) is 13.5 Å². The van der Waals surface area contributed by atoms with E-state index in [1.165, 1.54) is 5.56 Å². The van der Waals surface area contributed by atoms with Crippen molar-refractivity contribution in [3.05, 3.63) is 29.8 Å². The Kier molecular flexibility index (Phi) is 4.25. The largest absolute Gasteiger partial charge is 0.489 e. The summed E-state index contributed by atoms with van der Waals surface area (Å²) in [4.78, 5) is 11.7. The van der Waals surface area contributed by atoms with Gasteiger partial charge in [0.05, 0.1) is 12.0 Å². The number of Topliss-reactive ketones (excluding diaryl/α,β-unsaturated/α-hetero) is 1. The van der Waals surface area contributed by atoms with Crippen LogP contribution >= 0.6 is 0 Å². The smallest absolute Gasteiger partial charge is 0.146 e. The van der Waals surface area contributed by atoms with Gasteiger partial charge < -0.3 is 9.47 Å². The predicted octanol–water partition coefficient (Wildman–Crippen LogP) is 3.01. The van der Waals surface area contributed by atoms with E-state index in [0.29, 0.717) is 12.2 Å². The van der Waals surface area contributed by atoms with Crippen LogP contribution in [-0.2, 0) is 16.0 Å². The van der Waals surface area contributed by atoms with Crippen LogP contribution in [0.25, 0.3) is 0 Å². The van der Waals surface area contributed by atoms with Crippen LogP contribution in [0.4, 0.5) is 0 Å². The van der Waals surface area contributed by atoms with E-state index in [4.69, 9.17) is 9.47 Å². The molecule has 19 heavy (non-hydrogen) atoms. The van der Waals surface area contributed by atoms with Gasteiger partial charge in [0.2, 0.25) is 0 Å². The summed E-state index contributed by atoms with van der Waals surface area (Å²) in [7, 11) is 1.71. The second-order valence-electron chi connectivity index (χ2n) is 5.39. The lowest BCUT2D eigenvalue weighted by molar-refractivity contribution is -0.150. The minimum Gasteiger partial charge on any atom is -0.489 e. The fraction of sp³-hybridized carbons (Fsp3) is 0.562. The summed E-state index contributed by atoms with van der Waals surface area (Å²) in [6, 6.07) is 8.06. The molecule has 0 amide bonds. The fourth-order valence-corrected chi connectivity index (χ4v) is 2.39. The first-order valence-electron chi connectivity index (χ1n) is 6.88. The molecule has 0 radical (unpaired) electrons. The number of ether oxygens (including phenoxy) is 2. The van der Waals surface area contributed by atoms with Gasteiger partial charge in [-0.3, -0.25) is 4.79 Å². The van der Waals surface area contributed by atoms with Crippen molar-refractivity contribution in [3.63, 3.8) is 0 Å². The van der Waals surface area contributed by atoms with E-state index in [-0.39, 0.29) is 11.5 Å². The topological polar surface area (TPSA) is 35.5 Å². The Hall–Kier alpha value is -1.35. The molecule has 2 rings (SSSR count). The molecule has 1 saturated carbocycles. The molecule has 0 saturated heterocycles. The Balaban J connectivity index is 1.95. The van der Waals surface area contributed by atoms with Crippen LogP contribution in [0.15, 0.2) is 24.3 Å². The number of benzene rings is 1. The van der Waals surface area contributed by atoms with Gasteiger partial charge in [-0.15, -0.1) is 0 Å². The Labute approximate surface area is 114 Å². The Morgan fingerprint density at radius 1 is 1.32 bits per heavy atom. The van der Waals surface area contributed by atoms with Gasteiger partial charge in [-0.05, 0) is 37.5 Å². The minimum absolute atomic E-state index is 0.0230. The van der Waals surface area contributed by atoms with Gasteiger partial charge in [-0.2, -0.15) is 0 Å². The van der Waals surface area contributed by atoms with Gasteiger partial charge in [0.25, 0.3) is 0 Å². The maximum Gasteiger partial charge on any atom is 0.146 e. The quantitative estimate of drug-likeness (QED) is 0.790. The maximum absolute atomic E-state index is 11.7. The first kappa shape index (κ1) is 14.1. The van der Waals surface area contributed by atoms with E-state index in [0.717, 1.165) is 25.2 Å². The SMILES string of the molecule is CCC1(C)C(=O)CC1Oc1ccc(CCOC)cc1. The molecule has 3 nitrogen and oxygen atoms in total. The van der Waals surface area contributed by atoms with E-state index >= 15 is 0 Å². The molecule has 3 heteroatoms. The summed E-state index contributed by atoms with van der Waals surface area (Å²) in [6.45, 7) is 4.77. The highest BCUT2D eigenvalue weighted by atomic mass is 16.5. The van der Waals surface area contributed by atoms with Crippen molar-refractivity contribution in [2.75, 3.05) is 13.7 Å². The molecule has 0 heterocycles. The average Bonchev–Trinajstić information content (AvgIpc) is 2.45. The highest BCUT2D eigenvalue weighted by Gasteiger charge is 2.51. The highest BCUT2D eigenvalue weighted by Crippen LogP contribution is 2.42. The van der Waals surface area contributed by atoms with E-state index in [1.807, 2.05) is 26.0 Å². The number of rotatable bonds is 6. The average molecular weight is 262 g/mol. The zero-order valence-electron chi connectivity index (χ0n) is 11.9. The normalized spacial score (nSPS) is 26.1. The van der Waals surface area contributed by atoms with Crippen molar-refractivity contribution in [2.24, 2.45) is 5.41 Å². The number of carbonyl (C=O) groups is 1. The van der Waals surface area contributed by atoms with Crippen molar-refractivity contribution >= 4 is 5.78 Å². The lowest BCUT2D eigenvalue weighted by atomic mass is 9.64. The minimum atomic E-state index is -0.297. The lowest BCUT2D eigenvalue weighted by Gasteiger charge is -2.44. The lowest BCUT2D eigenvalue weighted by Crippen LogP contribution is -2.54. The van der Waals surface area contributed by atoms with E-state index < -0.39 is 0 Å². The predicted molar refractivity (Wildman–Crippen MR) is 74.5 cm³/mol. The van der Waals surface area contributed by atoms with Gasteiger partial charge in [-0.25, -0.2) is 0 Å². The summed E-state index contributed by atoms with van der Waals surface area (Å²) in [5.74, 6) is 1.16. The molecule has 0 spiro atoms. The highest BCUT2D eigenvalue weighted by molar-refractivity contribution is 5.92. The molecule has 1 aromatic rings. The van der Waals surface area contributed by atoms with Gasteiger partial charge >= 0.3 is 0 Å². The zero-order valence-corrected chi connectivity index (χ0v) is 11.9. The van der Waals surface area contributed by atoms with Crippen molar-refractivity contribution in [2.45, 2.75) is 39.2 Å². The van der Waals surface area contributed by atoms with Crippen LogP contribution in [0.3, 0.4) is 0 Å². The molecule has 1 aliphatic carbocycles. The fourth-order valence-electron chi connectivity index (χ4n) is 2.39. The van der Waals surface area contributed by atoms with Crippen LogP contribution in [-0.4, -0.2) is 25.6 Å². The molecular weight excluding hydrogens is 240 g/mol. The van der Waals surface area contributed by atoms with Crippen molar-refractivity contribution in [3.8, 4) is 5.75 Å². The standard InChI is InChI=1S/C16H22O3/c1-4-16(2)14(17)11-15(16)19-13-7-5-12(6-8-13)9-10-18-3/h5-8,15H,4,9-11H2,1-3H3. The Morgan fingerprint density at radius 3 is 2.53 bits per heavy atom. The summed E-state index contributed by atoms with van der Waals surface area (Å²) >= 11 is 0. The van der Waals surface area contributed by atoms with E-state index in [2.05, 4.69) is 12.1 Å². The third-order valence-corrected chi connectivity index (χ3v) is 4.25. The van der Waals surface area contributed by atoms with E-state index in [9.17, 15) is 4.79 Å². The first-order valence-corrected chi connectivity index (χ1v) is 6.88. The summed E-state index contributed by atoms with van der Waals surface area (Å²) in [6.07, 6.45) is 2.30. The molecule has 0 N–H and O–H groups in total.